The van der Waals surface area contributed by atoms with Crippen LogP contribution in [0.4, 0.5) is 8.78 Å². The van der Waals surface area contributed by atoms with E-state index < -0.39 is 5.92 Å². The number of rotatable bonds is 4. The van der Waals surface area contributed by atoms with Gasteiger partial charge in [-0.3, -0.25) is 14.8 Å². The zero-order valence-corrected chi connectivity index (χ0v) is 17.9. The van der Waals surface area contributed by atoms with E-state index in [0.29, 0.717) is 12.0 Å². The molecule has 0 saturated heterocycles. The second-order valence-electron chi connectivity index (χ2n) is 9.19. The smallest absolute Gasteiger partial charge is 0.253 e. The number of carbonyl (C=O) groups excluding carboxylic acids is 1. The fourth-order valence-corrected chi connectivity index (χ4v) is 5.09. The van der Waals surface area contributed by atoms with Crippen LogP contribution in [0.3, 0.4) is 0 Å². The fourth-order valence-electron chi connectivity index (χ4n) is 5.09. The molecule has 0 radical (unpaired) electrons. The Labute approximate surface area is 185 Å². The van der Waals surface area contributed by atoms with Gasteiger partial charge in [0.1, 0.15) is 0 Å². The molecule has 2 aromatic heterocycles. The summed E-state index contributed by atoms with van der Waals surface area (Å²) in [4.78, 5) is 21.7. The van der Waals surface area contributed by atoms with E-state index in [1.807, 2.05) is 49.4 Å². The highest BCUT2D eigenvalue weighted by Crippen LogP contribution is 2.59. The quantitative estimate of drug-likeness (QED) is 0.541. The van der Waals surface area contributed by atoms with E-state index in [9.17, 15) is 13.6 Å². The lowest BCUT2D eigenvalue weighted by Gasteiger charge is -2.49. The van der Waals surface area contributed by atoms with Gasteiger partial charge in [0.15, 0.2) is 0 Å². The molecule has 6 heteroatoms. The third-order valence-electron chi connectivity index (χ3n) is 6.77. The van der Waals surface area contributed by atoms with E-state index in [4.69, 9.17) is 0 Å². The van der Waals surface area contributed by atoms with Gasteiger partial charge in [0.25, 0.3) is 5.91 Å². The van der Waals surface area contributed by atoms with Crippen LogP contribution in [0.5, 0.6) is 0 Å². The molecule has 1 atom stereocenters. The number of carbonyl (C=O) groups is 1. The van der Waals surface area contributed by atoms with Gasteiger partial charge in [-0.25, -0.2) is 8.78 Å². The van der Waals surface area contributed by atoms with Crippen LogP contribution < -0.4 is 5.32 Å². The van der Waals surface area contributed by atoms with Crippen LogP contribution in [0.1, 0.15) is 66.7 Å². The van der Waals surface area contributed by atoms with Crippen LogP contribution in [-0.2, 0) is 0 Å². The largest absolute Gasteiger partial charge is 0.344 e. The maximum Gasteiger partial charge on any atom is 0.253 e. The molecule has 1 unspecified atom stereocenters. The van der Waals surface area contributed by atoms with Crippen LogP contribution in [0.2, 0.25) is 0 Å². The van der Waals surface area contributed by atoms with Crippen LogP contribution in [0.25, 0.3) is 16.5 Å². The summed E-state index contributed by atoms with van der Waals surface area (Å²) in [5.41, 5.74) is 4.08. The number of aromatic nitrogens is 2. The number of nitrogens with one attached hydrogen (secondary N) is 1. The number of allylic oxidation sites excluding steroid dienone is 2. The third kappa shape index (κ3) is 3.90. The summed E-state index contributed by atoms with van der Waals surface area (Å²) in [5.74, 6) is -2.69. The average molecular weight is 434 g/mol. The van der Waals surface area contributed by atoms with Gasteiger partial charge in [0.05, 0.1) is 22.8 Å². The van der Waals surface area contributed by atoms with Crippen molar-refractivity contribution in [3.05, 3.63) is 77.8 Å². The van der Waals surface area contributed by atoms with Crippen LogP contribution >= 0.6 is 0 Å². The first kappa shape index (κ1) is 20.7. The van der Waals surface area contributed by atoms with Crippen LogP contribution in [0.15, 0.2) is 60.9 Å². The molecule has 0 bridgehead atoms. The minimum absolute atomic E-state index is 0.00691. The number of nitrogens with zero attached hydrogens (tertiary/aromatic N) is 2. The molecular formula is C26H25F2N3O. The highest BCUT2D eigenvalue weighted by Gasteiger charge is 2.55. The SMILES string of the molecule is CC(NC(=O)c1cnc2c(C3=CCC4(CC3)CC(F)(F)C4)cccc2c1)c1ccccn1. The number of halogens is 2. The molecule has 3 aromatic rings. The van der Waals surface area contributed by atoms with Gasteiger partial charge < -0.3 is 5.32 Å². The van der Waals surface area contributed by atoms with E-state index in [2.05, 4.69) is 21.4 Å². The molecule has 0 aliphatic heterocycles. The topological polar surface area (TPSA) is 54.9 Å². The number of para-hydroxylation sites is 1. The first-order chi connectivity index (χ1) is 15.3. The minimum atomic E-state index is -2.49. The van der Waals surface area contributed by atoms with Gasteiger partial charge in [-0.1, -0.05) is 30.3 Å². The molecule has 2 heterocycles. The molecule has 1 fully saturated rings. The number of amides is 1. The van der Waals surface area contributed by atoms with Crippen molar-refractivity contribution in [3.63, 3.8) is 0 Å². The Kier molecular flexibility index (Phi) is 5.03. The monoisotopic (exact) mass is 433 g/mol. The number of benzene rings is 1. The number of hydrogen-bond donors (Lipinski definition) is 1. The lowest BCUT2D eigenvalue weighted by atomic mass is 9.59. The maximum absolute atomic E-state index is 13.4. The standard InChI is InChI=1S/C26H25F2N3O/c1-17(22-7-2-3-12-29-22)31-24(32)20-13-19-5-4-6-21(23(19)30-14-20)18-8-10-25(11-9-18)15-26(27,28)16-25/h2-8,12-14,17H,9-11,15-16H2,1H3,(H,31,32). The lowest BCUT2D eigenvalue weighted by molar-refractivity contribution is -0.163. The fraction of sp³-hybridized carbons (Fsp3) is 0.346. The highest BCUT2D eigenvalue weighted by atomic mass is 19.3. The summed E-state index contributed by atoms with van der Waals surface area (Å²) in [7, 11) is 0. The molecule has 32 heavy (non-hydrogen) atoms. The normalized spacial score (nSPS) is 19.8. The molecular weight excluding hydrogens is 408 g/mol. The Balaban J connectivity index is 1.36. The van der Waals surface area contributed by atoms with Crippen molar-refractivity contribution in [2.24, 2.45) is 5.41 Å². The Morgan fingerprint density at radius 2 is 1.97 bits per heavy atom. The predicted molar refractivity (Wildman–Crippen MR) is 120 cm³/mol. The zero-order chi connectivity index (χ0) is 22.3. The molecule has 2 aliphatic carbocycles. The van der Waals surface area contributed by atoms with Gasteiger partial charge in [0, 0.05) is 36.2 Å². The average Bonchev–Trinajstić information content (AvgIpc) is 2.78. The Hall–Kier alpha value is -3.15. The van der Waals surface area contributed by atoms with Crippen molar-refractivity contribution in [2.75, 3.05) is 0 Å². The summed E-state index contributed by atoms with van der Waals surface area (Å²) in [5, 5.41) is 3.86. The molecule has 164 valence electrons. The van der Waals surface area contributed by atoms with Crippen molar-refractivity contribution in [3.8, 4) is 0 Å². The van der Waals surface area contributed by atoms with Crippen molar-refractivity contribution in [2.45, 2.75) is 51.0 Å². The molecule has 4 nitrogen and oxygen atoms in total. The maximum atomic E-state index is 13.4. The van der Waals surface area contributed by atoms with E-state index >= 15 is 0 Å². The summed E-state index contributed by atoms with van der Waals surface area (Å²) < 4.78 is 26.8. The number of fused-ring (bicyclic) bond motifs is 1. The Morgan fingerprint density at radius 1 is 1.12 bits per heavy atom. The van der Waals surface area contributed by atoms with E-state index in [-0.39, 0.29) is 30.2 Å². The molecule has 1 N–H and O–H groups in total. The molecule has 1 saturated carbocycles. The lowest BCUT2D eigenvalue weighted by Crippen LogP contribution is -2.46. The Bertz CT molecular complexity index is 1200. The van der Waals surface area contributed by atoms with Gasteiger partial charge >= 0.3 is 0 Å². The summed E-state index contributed by atoms with van der Waals surface area (Å²) >= 11 is 0. The highest BCUT2D eigenvalue weighted by molar-refractivity contribution is 5.99. The van der Waals surface area contributed by atoms with Gasteiger partial charge in [-0.05, 0) is 55.4 Å². The van der Waals surface area contributed by atoms with Crippen LogP contribution in [0, 0.1) is 5.41 Å². The first-order valence-electron chi connectivity index (χ1n) is 11.0. The van der Waals surface area contributed by atoms with E-state index in [0.717, 1.165) is 40.6 Å². The van der Waals surface area contributed by atoms with Gasteiger partial charge in [0.2, 0.25) is 5.92 Å². The summed E-state index contributed by atoms with van der Waals surface area (Å²) in [6.45, 7) is 1.90. The first-order valence-corrected chi connectivity index (χ1v) is 11.0. The third-order valence-corrected chi connectivity index (χ3v) is 6.77. The van der Waals surface area contributed by atoms with Crippen molar-refractivity contribution >= 4 is 22.4 Å². The molecule has 1 spiro atoms. The van der Waals surface area contributed by atoms with E-state index in [1.165, 1.54) is 0 Å². The van der Waals surface area contributed by atoms with Gasteiger partial charge in [-0.2, -0.15) is 0 Å². The molecule has 1 aromatic carbocycles. The number of alkyl halides is 2. The molecule has 5 rings (SSSR count). The van der Waals surface area contributed by atoms with Crippen LogP contribution in [-0.4, -0.2) is 21.8 Å². The number of pyridine rings is 2. The second kappa shape index (κ2) is 7.76. The van der Waals surface area contributed by atoms with Gasteiger partial charge in [-0.15, -0.1) is 0 Å². The molecule has 1 amide bonds. The Morgan fingerprint density at radius 3 is 2.66 bits per heavy atom. The minimum Gasteiger partial charge on any atom is -0.344 e. The number of hydrogen-bond acceptors (Lipinski definition) is 3. The zero-order valence-electron chi connectivity index (χ0n) is 17.9. The van der Waals surface area contributed by atoms with Crippen molar-refractivity contribution in [1.82, 2.24) is 15.3 Å². The predicted octanol–water partition coefficient (Wildman–Crippen LogP) is 6.10. The summed E-state index contributed by atoms with van der Waals surface area (Å²) in [6, 6.07) is 13.2. The summed E-state index contributed by atoms with van der Waals surface area (Å²) in [6.07, 6.45) is 7.70. The van der Waals surface area contributed by atoms with Crippen molar-refractivity contribution < 1.29 is 13.6 Å². The second-order valence-corrected chi connectivity index (χ2v) is 9.19. The van der Waals surface area contributed by atoms with E-state index in [1.54, 1.807) is 12.4 Å². The molecule has 2 aliphatic rings. The van der Waals surface area contributed by atoms with Crippen molar-refractivity contribution in [1.29, 1.82) is 0 Å².